The molecule has 2 aromatic rings. The lowest BCUT2D eigenvalue weighted by molar-refractivity contribution is -0.145. The van der Waals surface area contributed by atoms with Gasteiger partial charge in [0.2, 0.25) is 5.13 Å². The Labute approximate surface area is 171 Å². The van der Waals surface area contributed by atoms with Gasteiger partial charge in [0.15, 0.2) is 18.1 Å². The van der Waals surface area contributed by atoms with Gasteiger partial charge in [0.25, 0.3) is 5.91 Å². The summed E-state index contributed by atoms with van der Waals surface area (Å²) >= 11 is 1.25. The second-order valence-corrected chi connectivity index (χ2v) is 6.54. The number of amides is 1. The summed E-state index contributed by atoms with van der Waals surface area (Å²) in [5.74, 6) is -0.406. The van der Waals surface area contributed by atoms with Gasteiger partial charge in [0.05, 0.1) is 13.7 Å². The normalized spacial score (nSPS) is 10.8. The highest BCUT2D eigenvalue weighted by Gasteiger charge is 2.14. The first-order valence-corrected chi connectivity index (χ1v) is 9.54. The Kier molecular flexibility index (Phi) is 8.12. The molecule has 0 aliphatic carbocycles. The SMILES string of the molecule is CCOC(=O)COc1ccc(C=C(C#N)C(=O)Nc2nnc(CC)s2)cc1OC. The van der Waals surface area contributed by atoms with Crippen molar-refractivity contribution in [3.63, 3.8) is 0 Å². The van der Waals surface area contributed by atoms with E-state index in [-0.39, 0.29) is 18.8 Å². The van der Waals surface area contributed by atoms with Crippen molar-refractivity contribution < 1.29 is 23.8 Å². The van der Waals surface area contributed by atoms with Crippen LogP contribution < -0.4 is 14.8 Å². The number of nitriles is 1. The largest absolute Gasteiger partial charge is 0.493 e. The van der Waals surface area contributed by atoms with Crippen LogP contribution in [-0.2, 0) is 20.7 Å². The van der Waals surface area contributed by atoms with Crippen LogP contribution in [0.1, 0.15) is 24.4 Å². The molecule has 152 valence electrons. The highest BCUT2D eigenvalue weighted by Crippen LogP contribution is 2.29. The third-order valence-electron chi connectivity index (χ3n) is 3.50. The Balaban J connectivity index is 2.14. The first-order chi connectivity index (χ1) is 14.0. The van der Waals surface area contributed by atoms with Crippen molar-refractivity contribution in [1.29, 1.82) is 5.26 Å². The fourth-order valence-corrected chi connectivity index (χ4v) is 2.83. The molecule has 1 aromatic carbocycles. The van der Waals surface area contributed by atoms with Crippen molar-refractivity contribution in [2.45, 2.75) is 20.3 Å². The number of ether oxygens (including phenoxy) is 3. The predicted molar refractivity (Wildman–Crippen MR) is 107 cm³/mol. The number of hydrogen-bond acceptors (Lipinski definition) is 9. The fourth-order valence-electron chi connectivity index (χ4n) is 2.16. The van der Waals surface area contributed by atoms with Crippen molar-refractivity contribution in [3.8, 4) is 17.6 Å². The van der Waals surface area contributed by atoms with E-state index in [9.17, 15) is 14.9 Å². The van der Waals surface area contributed by atoms with Gasteiger partial charge in [-0.1, -0.05) is 24.3 Å². The Morgan fingerprint density at radius 3 is 2.69 bits per heavy atom. The van der Waals surface area contributed by atoms with Crippen LogP contribution in [0.4, 0.5) is 5.13 Å². The number of aromatic nitrogens is 2. The molecule has 0 saturated heterocycles. The number of nitrogens with zero attached hydrogens (tertiary/aromatic N) is 3. The van der Waals surface area contributed by atoms with E-state index in [2.05, 4.69) is 15.5 Å². The average molecular weight is 416 g/mol. The molecule has 1 N–H and O–H groups in total. The molecule has 0 saturated carbocycles. The number of esters is 1. The van der Waals surface area contributed by atoms with E-state index in [0.717, 1.165) is 5.01 Å². The van der Waals surface area contributed by atoms with Gasteiger partial charge in [-0.15, -0.1) is 10.2 Å². The van der Waals surface area contributed by atoms with E-state index in [1.165, 1.54) is 24.5 Å². The number of benzene rings is 1. The Morgan fingerprint density at radius 1 is 1.28 bits per heavy atom. The van der Waals surface area contributed by atoms with Crippen LogP contribution in [0.3, 0.4) is 0 Å². The minimum Gasteiger partial charge on any atom is -0.493 e. The minimum absolute atomic E-state index is 0.111. The number of rotatable bonds is 9. The van der Waals surface area contributed by atoms with Gasteiger partial charge < -0.3 is 14.2 Å². The van der Waals surface area contributed by atoms with Crippen LogP contribution in [-0.4, -0.2) is 42.4 Å². The zero-order chi connectivity index (χ0) is 21.2. The Bertz CT molecular complexity index is 948. The summed E-state index contributed by atoms with van der Waals surface area (Å²) in [4.78, 5) is 23.8. The van der Waals surface area contributed by atoms with E-state index < -0.39 is 11.9 Å². The first kappa shape index (κ1) is 21.8. The Hall–Kier alpha value is -3.45. The molecule has 0 spiro atoms. The number of nitrogens with one attached hydrogen (secondary N) is 1. The van der Waals surface area contributed by atoms with Crippen molar-refractivity contribution in [2.75, 3.05) is 25.6 Å². The third-order valence-corrected chi connectivity index (χ3v) is 4.49. The van der Waals surface area contributed by atoms with Gasteiger partial charge in [-0.2, -0.15) is 5.26 Å². The smallest absolute Gasteiger partial charge is 0.344 e. The quantitative estimate of drug-likeness (QED) is 0.376. The van der Waals surface area contributed by atoms with E-state index in [1.807, 2.05) is 13.0 Å². The molecule has 29 heavy (non-hydrogen) atoms. The molecule has 0 atom stereocenters. The molecular weight excluding hydrogens is 396 g/mol. The lowest BCUT2D eigenvalue weighted by Crippen LogP contribution is -2.15. The standard InChI is InChI=1S/C19H20N4O5S/c1-4-16-22-23-19(29-16)21-18(25)13(10-20)8-12-6-7-14(15(9-12)26-3)28-11-17(24)27-5-2/h6-9H,4-5,11H2,1-3H3,(H,21,23,25). The van der Waals surface area contributed by atoms with Crippen molar-refractivity contribution in [3.05, 3.63) is 34.3 Å². The maximum atomic E-state index is 12.3. The van der Waals surface area contributed by atoms with Gasteiger partial charge in [0, 0.05) is 0 Å². The van der Waals surface area contributed by atoms with Crippen molar-refractivity contribution >= 4 is 34.4 Å². The van der Waals surface area contributed by atoms with Crippen LogP contribution in [0.5, 0.6) is 11.5 Å². The molecule has 0 bridgehead atoms. The summed E-state index contributed by atoms with van der Waals surface area (Å²) in [6.07, 6.45) is 2.12. The van der Waals surface area contributed by atoms with Gasteiger partial charge in [-0.05, 0) is 37.1 Å². The summed E-state index contributed by atoms with van der Waals surface area (Å²) in [5.41, 5.74) is 0.434. The molecule has 9 nitrogen and oxygen atoms in total. The monoisotopic (exact) mass is 416 g/mol. The molecule has 0 unspecified atom stereocenters. The summed E-state index contributed by atoms with van der Waals surface area (Å²) in [5, 5.41) is 20.8. The fraction of sp³-hybridized carbons (Fsp3) is 0.316. The van der Waals surface area contributed by atoms with Gasteiger partial charge in [-0.3, -0.25) is 10.1 Å². The molecule has 0 fully saturated rings. The lowest BCUT2D eigenvalue weighted by atomic mass is 10.1. The average Bonchev–Trinajstić information content (AvgIpc) is 3.18. The number of anilines is 1. The molecule has 0 aliphatic heterocycles. The van der Waals surface area contributed by atoms with E-state index in [4.69, 9.17) is 14.2 Å². The molecule has 0 aliphatic rings. The molecule has 1 aromatic heterocycles. The van der Waals surface area contributed by atoms with E-state index in [1.54, 1.807) is 25.1 Å². The zero-order valence-corrected chi connectivity index (χ0v) is 17.0. The second-order valence-electron chi connectivity index (χ2n) is 5.48. The molecular formula is C19H20N4O5S. The molecule has 1 amide bonds. The molecule has 10 heteroatoms. The van der Waals surface area contributed by atoms with Crippen LogP contribution in [0.2, 0.25) is 0 Å². The zero-order valence-electron chi connectivity index (χ0n) is 16.2. The van der Waals surface area contributed by atoms with E-state index in [0.29, 0.717) is 28.6 Å². The Morgan fingerprint density at radius 2 is 2.07 bits per heavy atom. The lowest BCUT2D eigenvalue weighted by Gasteiger charge is -2.11. The third kappa shape index (κ3) is 6.29. The van der Waals surface area contributed by atoms with Crippen molar-refractivity contribution in [1.82, 2.24) is 10.2 Å². The van der Waals surface area contributed by atoms with Crippen LogP contribution in [0, 0.1) is 11.3 Å². The second kappa shape index (κ2) is 10.8. The van der Waals surface area contributed by atoms with E-state index >= 15 is 0 Å². The summed E-state index contributed by atoms with van der Waals surface area (Å²) in [7, 11) is 1.44. The number of aryl methyl sites for hydroxylation is 1. The maximum absolute atomic E-state index is 12.3. The van der Waals surface area contributed by atoms with Gasteiger partial charge in [0.1, 0.15) is 16.6 Å². The summed E-state index contributed by atoms with van der Waals surface area (Å²) < 4.78 is 15.5. The number of hydrogen-bond donors (Lipinski definition) is 1. The molecule has 2 rings (SSSR count). The van der Waals surface area contributed by atoms with Crippen LogP contribution in [0.15, 0.2) is 23.8 Å². The van der Waals surface area contributed by atoms with Crippen LogP contribution in [0.25, 0.3) is 6.08 Å². The molecule has 0 radical (unpaired) electrons. The number of carbonyl (C=O) groups excluding carboxylic acids is 2. The summed E-state index contributed by atoms with van der Waals surface area (Å²) in [6.45, 7) is 3.64. The summed E-state index contributed by atoms with van der Waals surface area (Å²) in [6, 6.07) is 6.67. The number of carbonyl (C=O) groups is 2. The highest BCUT2D eigenvalue weighted by molar-refractivity contribution is 7.15. The molecule has 1 heterocycles. The predicted octanol–water partition coefficient (Wildman–Crippen LogP) is 2.60. The highest BCUT2D eigenvalue weighted by atomic mass is 32.1. The first-order valence-electron chi connectivity index (χ1n) is 8.72. The topological polar surface area (TPSA) is 123 Å². The van der Waals surface area contributed by atoms with Crippen molar-refractivity contribution in [2.24, 2.45) is 0 Å². The minimum atomic E-state index is -0.590. The number of methoxy groups -OCH3 is 1. The maximum Gasteiger partial charge on any atom is 0.344 e. The van der Waals surface area contributed by atoms with Gasteiger partial charge in [-0.25, -0.2) is 4.79 Å². The van der Waals surface area contributed by atoms with Crippen LogP contribution >= 0.6 is 11.3 Å². The van der Waals surface area contributed by atoms with Gasteiger partial charge >= 0.3 is 5.97 Å².